The molecule has 17 rings (SSSR count). The fourth-order valence-electron chi connectivity index (χ4n) is 15.6. The molecule has 1 heterocycles. The highest BCUT2D eigenvalue weighted by Crippen LogP contribution is 2.69. The summed E-state index contributed by atoms with van der Waals surface area (Å²) >= 11 is 0. The fraction of sp³-hybridized carbons (Fsp3) is 0.159. The number of aromatic nitrogens is 1. The van der Waals surface area contributed by atoms with Crippen molar-refractivity contribution >= 4 is 88.2 Å². The first kappa shape index (κ1) is 40.6. The van der Waals surface area contributed by atoms with Crippen molar-refractivity contribution < 1.29 is 0 Å². The van der Waals surface area contributed by atoms with Crippen molar-refractivity contribution in [2.45, 2.75) is 44.4 Å². The van der Waals surface area contributed by atoms with Gasteiger partial charge in [0.1, 0.15) is 0 Å². The van der Waals surface area contributed by atoms with E-state index in [1.54, 1.807) is 11.1 Å². The summed E-state index contributed by atoms with van der Waals surface area (Å²) in [6.45, 7) is 2.20. The lowest BCUT2D eigenvalue weighted by Gasteiger charge is -2.61. The van der Waals surface area contributed by atoms with Crippen molar-refractivity contribution in [2.24, 2.45) is 23.7 Å². The quantitative estimate of drug-likeness (QED) is 0.148. The molecule has 3 nitrogen and oxygen atoms in total. The van der Waals surface area contributed by atoms with Crippen molar-refractivity contribution in [3.63, 3.8) is 0 Å². The minimum absolute atomic E-state index is 0.0867. The number of para-hydroxylation sites is 3. The summed E-state index contributed by atoms with van der Waals surface area (Å²) in [4.78, 5) is 5.06. The predicted molar refractivity (Wildman–Crippen MR) is 302 cm³/mol. The standard InChI is InChI=1S/C69H53N3/c1-43-13-12-18-52(35-43)71(53-28-34-66-60(41-53)57-20-9-11-22-63(57)72(66)51-16-6-3-7-17-51)65-33-26-47-23-29-58-64(32-25-46-24-30-59(65)68(47)67(46)58)70(50-14-4-2-5-15-50)54-27-31-56-55-19-8-10-21-61(55)69(62(56)42-54)48-37-44-36-45(39-48)40-49(69)38-44/h2-35,41-42,44-45,48-49H,36-40H2,1H3. The molecule has 4 bridgehead atoms. The highest BCUT2D eigenvalue weighted by atomic mass is 15.2. The van der Waals surface area contributed by atoms with E-state index in [9.17, 15) is 0 Å². The predicted octanol–water partition coefficient (Wildman–Crippen LogP) is 18.7. The molecule has 11 aromatic carbocycles. The number of anilines is 6. The Labute approximate surface area is 420 Å². The lowest BCUT2D eigenvalue weighted by atomic mass is 9.43. The summed E-state index contributed by atoms with van der Waals surface area (Å²) in [6.07, 6.45) is 6.95. The van der Waals surface area contributed by atoms with Crippen molar-refractivity contribution in [1.82, 2.24) is 4.57 Å². The van der Waals surface area contributed by atoms with Gasteiger partial charge in [-0.15, -0.1) is 0 Å². The van der Waals surface area contributed by atoms with Gasteiger partial charge < -0.3 is 14.4 Å². The fourth-order valence-corrected chi connectivity index (χ4v) is 15.6. The van der Waals surface area contributed by atoms with E-state index in [1.165, 1.54) is 120 Å². The highest BCUT2D eigenvalue weighted by Gasteiger charge is 2.61. The average Bonchev–Trinajstić information content (AvgIpc) is 3.91. The lowest BCUT2D eigenvalue weighted by Crippen LogP contribution is -2.55. The van der Waals surface area contributed by atoms with Gasteiger partial charge in [0.2, 0.25) is 0 Å². The van der Waals surface area contributed by atoms with Gasteiger partial charge in [-0.1, -0.05) is 133 Å². The third-order valence-corrected chi connectivity index (χ3v) is 18.1. The van der Waals surface area contributed by atoms with Crippen LogP contribution in [0.4, 0.5) is 34.1 Å². The molecule has 12 aromatic rings. The van der Waals surface area contributed by atoms with Gasteiger partial charge in [-0.05, 0) is 197 Å². The summed E-state index contributed by atoms with van der Waals surface area (Å²) in [5, 5.41) is 10.1. The minimum Gasteiger partial charge on any atom is -0.310 e. The summed E-state index contributed by atoms with van der Waals surface area (Å²) in [7, 11) is 0. The van der Waals surface area contributed by atoms with E-state index >= 15 is 0 Å². The van der Waals surface area contributed by atoms with Gasteiger partial charge in [0, 0.05) is 55.4 Å². The first-order valence-electron chi connectivity index (χ1n) is 26.3. The van der Waals surface area contributed by atoms with Gasteiger partial charge in [-0.2, -0.15) is 0 Å². The van der Waals surface area contributed by atoms with Gasteiger partial charge in [-0.25, -0.2) is 0 Å². The molecular weight excluding hydrogens is 871 g/mol. The maximum Gasteiger partial charge on any atom is 0.0542 e. The highest BCUT2D eigenvalue weighted by molar-refractivity contribution is 6.28. The van der Waals surface area contributed by atoms with Crippen LogP contribution in [0, 0.1) is 30.6 Å². The lowest BCUT2D eigenvalue weighted by molar-refractivity contribution is -0.0399. The van der Waals surface area contributed by atoms with Crippen LogP contribution >= 0.6 is 0 Å². The molecule has 0 saturated heterocycles. The van der Waals surface area contributed by atoms with Crippen LogP contribution in [0.5, 0.6) is 0 Å². The molecule has 0 amide bonds. The van der Waals surface area contributed by atoms with E-state index in [2.05, 4.69) is 240 Å². The third kappa shape index (κ3) is 5.62. The molecule has 3 heteroatoms. The number of hydrogen-bond donors (Lipinski definition) is 0. The SMILES string of the molecule is Cc1cccc(N(c2ccc3c(c2)c2ccccc2n3-c2ccccc2)c2ccc3ccc4c(N(c5ccccc5)c5ccc6c(c5)C5(c7ccccc7-6)C6CC7CC(C6)CC5C7)ccc5ccc2c3c54)c1. The average molecular weight is 924 g/mol. The normalized spacial score (nSPS) is 20.6. The monoisotopic (exact) mass is 923 g/mol. The minimum atomic E-state index is 0.0867. The molecule has 5 aliphatic carbocycles. The third-order valence-electron chi connectivity index (χ3n) is 18.1. The number of fused-ring (bicyclic) bond motifs is 6. The Hall–Kier alpha value is -8.14. The molecule has 344 valence electrons. The molecule has 0 aliphatic heterocycles. The van der Waals surface area contributed by atoms with Crippen molar-refractivity contribution in [2.75, 3.05) is 9.80 Å². The van der Waals surface area contributed by atoms with Gasteiger partial charge in [-0.3, -0.25) is 0 Å². The molecule has 0 N–H and O–H groups in total. The van der Waals surface area contributed by atoms with Crippen LogP contribution in [0.3, 0.4) is 0 Å². The molecule has 0 unspecified atom stereocenters. The molecule has 72 heavy (non-hydrogen) atoms. The molecule has 0 radical (unpaired) electrons. The maximum absolute atomic E-state index is 2.65. The van der Waals surface area contributed by atoms with Gasteiger partial charge >= 0.3 is 0 Å². The second-order valence-corrected chi connectivity index (χ2v) is 21.8. The van der Waals surface area contributed by atoms with Crippen LogP contribution in [-0.2, 0) is 5.41 Å². The van der Waals surface area contributed by atoms with Gasteiger partial charge in [0.25, 0.3) is 0 Å². The van der Waals surface area contributed by atoms with Crippen LogP contribution in [0.1, 0.15) is 48.8 Å². The Morgan fingerprint density at radius 2 is 0.944 bits per heavy atom. The smallest absolute Gasteiger partial charge is 0.0542 e. The maximum atomic E-state index is 2.65. The molecule has 1 spiro atoms. The molecule has 0 atom stereocenters. The Morgan fingerprint density at radius 3 is 1.67 bits per heavy atom. The van der Waals surface area contributed by atoms with Crippen molar-refractivity contribution in [1.29, 1.82) is 0 Å². The summed E-state index contributed by atoms with van der Waals surface area (Å²) in [5.41, 5.74) is 18.1. The summed E-state index contributed by atoms with van der Waals surface area (Å²) < 4.78 is 2.40. The first-order chi connectivity index (χ1) is 35.6. The molecule has 4 saturated carbocycles. The molecule has 5 aliphatic rings. The van der Waals surface area contributed by atoms with Crippen molar-refractivity contribution in [3.05, 3.63) is 235 Å². The first-order valence-corrected chi connectivity index (χ1v) is 26.3. The zero-order valence-electron chi connectivity index (χ0n) is 40.5. The largest absolute Gasteiger partial charge is 0.310 e. The topological polar surface area (TPSA) is 11.4 Å². The molecule has 1 aromatic heterocycles. The van der Waals surface area contributed by atoms with E-state index in [4.69, 9.17) is 0 Å². The number of rotatable bonds is 7. The Bertz CT molecular complexity index is 4120. The number of nitrogens with zero attached hydrogens (tertiary/aromatic N) is 3. The summed E-state index contributed by atoms with van der Waals surface area (Å²) in [6, 6.07) is 82.8. The van der Waals surface area contributed by atoms with E-state index < -0.39 is 0 Å². The van der Waals surface area contributed by atoms with Crippen LogP contribution in [0.15, 0.2) is 218 Å². The zero-order valence-corrected chi connectivity index (χ0v) is 40.5. The molecule has 4 fully saturated rings. The van der Waals surface area contributed by atoms with E-state index in [0.29, 0.717) is 11.8 Å². The zero-order chi connectivity index (χ0) is 47.2. The number of benzene rings is 11. The van der Waals surface area contributed by atoms with Gasteiger partial charge in [0.05, 0.1) is 22.4 Å². The van der Waals surface area contributed by atoms with Gasteiger partial charge in [0.15, 0.2) is 0 Å². The van der Waals surface area contributed by atoms with E-state index in [-0.39, 0.29) is 5.41 Å². The number of hydrogen-bond acceptors (Lipinski definition) is 2. The Morgan fingerprint density at radius 1 is 0.389 bits per heavy atom. The van der Waals surface area contributed by atoms with Crippen LogP contribution < -0.4 is 9.80 Å². The van der Waals surface area contributed by atoms with E-state index in [0.717, 1.165) is 34.6 Å². The number of aryl methyl sites for hydroxylation is 1. The van der Waals surface area contributed by atoms with Crippen LogP contribution in [0.2, 0.25) is 0 Å². The summed E-state index contributed by atoms with van der Waals surface area (Å²) in [5.74, 6) is 3.21. The van der Waals surface area contributed by atoms with Crippen LogP contribution in [0.25, 0.3) is 70.9 Å². The van der Waals surface area contributed by atoms with Crippen molar-refractivity contribution in [3.8, 4) is 16.8 Å². The Balaban J connectivity index is 0.898. The second kappa shape index (κ2) is 15.2. The Kier molecular flexibility index (Phi) is 8.56. The second-order valence-electron chi connectivity index (χ2n) is 21.8. The van der Waals surface area contributed by atoms with Crippen LogP contribution in [-0.4, -0.2) is 4.57 Å². The molecular formula is C69H53N3. The van der Waals surface area contributed by atoms with E-state index in [1.807, 2.05) is 0 Å².